The van der Waals surface area contributed by atoms with E-state index in [1.54, 1.807) is 0 Å². The lowest BCUT2D eigenvalue weighted by Gasteiger charge is -2.24. The highest BCUT2D eigenvalue weighted by Crippen LogP contribution is 2.37. The first-order chi connectivity index (χ1) is 9.08. The van der Waals surface area contributed by atoms with E-state index in [0.717, 1.165) is 18.4 Å². The Balaban J connectivity index is 2.17. The van der Waals surface area contributed by atoms with Crippen LogP contribution < -0.4 is 0 Å². The van der Waals surface area contributed by atoms with E-state index in [9.17, 15) is 4.79 Å². The first kappa shape index (κ1) is 13.6. The van der Waals surface area contributed by atoms with E-state index < -0.39 is 0 Å². The van der Waals surface area contributed by atoms with E-state index in [-0.39, 0.29) is 5.41 Å². The Morgan fingerprint density at radius 3 is 2.58 bits per heavy atom. The molecule has 0 aromatic heterocycles. The van der Waals surface area contributed by atoms with Crippen LogP contribution in [0.2, 0.25) is 0 Å². The van der Waals surface area contributed by atoms with Gasteiger partial charge in [0.15, 0.2) is 0 Å². The van der Waals surface area contributed by atoms with Gasteiger partial charge in [0.05, 0.1) is 0 Å². The fraction of sp³-hybridized carbons (Fsp3) is 0.389. The quantitative estimate of drug-likeness (QED) is 0.501. The van der Waals surface area contributed by atoms with E-state index in [1.165, 1.54) is 5.57 Å². The van der Waals surface area contributed by atoms with Crippen molar-refractivity contribution in [2.24, 2.45) is 5.41 Å². The van der Waals surface area contributed by atoms with Crippen molar-refractivity contribution in [3.05, 3.63) is 47.5 Å². The molecular formula is C18H20O. The van der Waals surface area contributed by atoms with Gasteiger partial charge in [-0.3, -0.25) is 4.79 Å². The number of hydrogen-bond donors (Lipinski definition) is 0. The van der Waals surface area contributed by atoms with Gasteiger partial charge in [-0.15, -0.1) is 0 Å². The minimum atomic E-state index is 0.0948. The second-order valence-electron chi connectivity index (χ2n) is 5.73. The van der Waals surface area contributed by atoms with Gasteiger partial charge in [-0.05, 0) is 36.5 Å². The largest absolute Gasteiger partial charge is 0.300 e. The van der Waals surface area contributed by atoms with Crippen LogP contribution in [0.25, 0.3) is 0 Å². The maximum absolute atomic E-state index is 11.5. The average Bonchev–Trinajstić information content (AvgIpc) is 2.52. The summed E-state index contributed by atoms with van der Waals surface area (Å²) in [5.74, 6) is 6.68. The van der Waals surface area contributed by atoms with Crippen LogP contribution >= 0.6 is 0 Å². The number of hydrogen-bond acceptors (Lipinski definition) is 1. The average molecular weight is 252 g/mol. The van der Waals surface area contributed by atoms with Crippen molar-refractivity contribution in [1.82, 2.24) is 0 Å². The van der Waals surface area contributed by atoms with Crippen molar-refractivity contribution in [1.29, 1.82) is 0 Å². The first-order valence-corrected chi connectivity index (χ1v) is 6.86. The molecule has 1 fully saturated rings. The number of ketones is 1. The van der Waals surface area contributed by atoms with Crippen LogP contribution in [0.15, 0.2) is 42.0 Å². The molecule has 0 heterocycles. The van der Waals surface area contributed by atoms with Crippen LogP contribution in [0, 0.1) is 17.3 Å². The SMILES string of the molecule is CC1(C)CCC(=O)CC/C1=C\C#Cc1ccccc1. The molecular weight excluding hydrogens is 232 g/mol. The summed E-state index contributed by atoms with van der Waals surface area (Å²) in [4.78, 5) is 11.5. The molecule has 1 aliphatic rings. The van der Waals surface area contributed by atoms with Crippen LogP contribution in [0.3, 0.4) is 0 Å². The van der Waals surface area contributed by atoms with Gasteiger partial charge < -0.3 is 0 Å². The van der Waals surface area contributed by atoms with Gasteiger partial charge in [-0.2, -0.15) is 0 Å². The Kier molecular flexibility index (Phi) is 4.22. The summed E-state index contributed by atoms with van der Waals surface area (Å²) < 4.78 is 0. The number of carbonyl (C=O) groups excluding carboxylic acids is 1. The topological polar surface area (TPSA) is 17.1 Å². The van der Waals surface area contributed by atoms with Crippen LogP contribution in [-0.4, -0.2) is 5.78 Å². The van der Waals surface area contributed by atoms with E-state index in [4.69, 9.17) is 0 Å². The Bertz CT molecular complexity index is 538. The van der Waals surface area contributed by atoms with Crippen molar-refractivity contribution in [3.63, 3.8) is 0 Å². The molecule has 19 heavy (non-hydrogen) atoms. The Morgan fingerprint density at radius 1 is 1.11 bits per heavy atom. The maximum atomic E-state index is 11.5. The van der Waals surface area contributed by atoms with Crippen molar-refractivity contribution in [3.8, 4) is 11.8 Å². The summed E-state index contributed by atoms with van der Waals surface area (Å²) in [5, 5.41) is 0. The second-order valence-corrected chi connectivity index (χ2v) is 5.73. The molecule has 0 N–H and O–H groups in total. The van der Waals surface area contributed by atoms with Crippen molar-refractivity contribution >= 4 is 5.78 Å². The van der Waals surface area contributed by atoms with Gasteiger partial charge in [0, 0.05) is 18.4 Å². The standard InChI is InChI=1S/C18H20O/c1-18(2)14-13-17(19)12-11-16(18)10-6-9-15-7-4-3-5-8-15/h3-5,7-8,10H,11-14H2,1-2H3/b16-10+. The fourth-order valence-corrected chi connectivity index (χ4v) is 2.35. The third-order valence-electron chi connectivity index (χ3n) is 3.81. The molecule has 1 nitrogen and oxygen atoms in total. The summed E-state index contributed by atoms with van der Waals surface area (Å²) in [7, 11) is 0. The predicted octanol–water partition coefficient (Wildman–Crippen LogP) is 4.13. The van der Waals surface area contributed by atoms with Crippen LogP contribution in [-0.2, 0) is 4.79 Å². The first-order valence-electron chi connectivity index (χ1n) is 6.86. The maximum Gasteiger partial charge on any atom is 0.133 e. The molecule has 98 valence electrons. The summed E-state index contributed by atoms with van der Waals surface area (Å²) >= 11 is 0. The minimum absolute atomic E-state index is 0.0948. The molecule has 0 saturated heterocycles. The normalized spacial score (nSPS) is 20.5. The van der Waals surface area contributed by atoms with Crippen molar-refractivity contribution < 1.29 is 4.79 Å². The molecule has 0 aliphatic heterocycles. The zero-order chi connectivity index (χ0) is 13.7. The molecule has 1 aromatic rings. The lowest BCUT2D eigenvalue weighted by atomic mass is 9.80. The lowest BCUT2D eigenvalue weighted by molar-refractivity contribution is -0.119. The van der Waals surface area contributed by atoms with Gasteiger partial charge in [0.2, 0.25) is 0 Å². The summed E-state index contributed by atoms with van der Waals surface area (Å²) in [5.41, 5.74) is 2.43. The molecule has 1 heteroatoms. The highest BCUT2D eigenvalue weighted by molar-refractivity contribution is 5.79. The van der Waals surface area contributed by atoms with E-state index >= 15 is 0 Å². The van der Waals surface area contributed by atoms with Gasteiger partial charge in [0.1, 0.15) is 5.78 Å². The minimum Gasteiger partial charge on any atom is -0.300 e. The third kappa shape index (κ3) is 3.83. The van der Waals surface area contributed by atoms with Crippen LogP contribution in [0.1, 0.15) is 45.1 Å². The van der Waals surface area contributed by atoms with Gasteiger partial charge in [-0.1, -0.05) is 49.5 Å². The summed E-state index contributed by atoms with van der Waals surface area (Å²) in [6.07, 6.45) is 5.18. The molecule has 0 radical (unpaired) electrons. The van der Waals surface area contributed by atoms with Crippen molar-refractivity contribution in [2.45, 2.75) is 39.5 Å². The highest BCUT2D eigenvalue weighted by Gasteiger charge is 2.27. The molecule has 2 rings (SSSR count). The van der Waals surface area contributed by atoms with Gasteiger partial charge >= 0.3 is 0 Å². The predicted molar refractivity (Wildman–Crippen MR) is 78.7 cm³/mol. The molecule has 0 atom stereocenters. The van der Waals surface area contributed by atoms with Crippen LogP contribution in [0.4, 0.5) is 0 Å². The molecule has 0 spiro atoms. The van der Waals surface area contributed by atoms with Crippen molar-refractivity contribution in [2.75, 3.05) is 0 Å². The number of rotatable bonds is 0. The second kappa shape index (κ2) is 5.89. The smallest absolute Gasteiger partial charge is 0.133 e. The number of carbonyl (C=O) groups is 1. The monoisotopic (exact) mass is 252 g/mol. The van der Waals surface area contributed by atoms with E-state index in [1.807, 2.05) is 36.4 Å². The molecule has 0 amide bonds. The van der Waals surface area contributed by atoms with E-state index in [0.29, 0.717) is 18.6 Å². The molecule has 1 aromatic carbocycles. The Morgan fingerprint density at radius 2 is 1.84 bits per heavy atom. The fourth-order valence-electron chi connectivity index (χ4n) is 2.35. The third-order valence-corrected chi connectivity index (χ3v) is 3.81. The molecule has 1 aliphatic carbocycles. The van der Waals surface area contributed by atoms with Gasteiger partial charge in [-0.25, -0.2) is 0 Å². The molecule has 0 unspecified atom stereocenters. The van der Waals surface area contributed by atoms with Crippen LogP contribution in [0.5, 0.6) is 0 Å². The number of Topliss-reactive ketones (excluding diaryl/α,β-unsaturated/α-hetero) is 1. The zero-order valence-electron chi connectivity index (χ0n) is 11.7. The summed E-state index contributed by atoms with van der Waals surface area (Å²) in [6.45, 7) is 4.42. The number of benzene rings is 1. The van der Waals surface area contributed by atoms with Gasteiger partial charge in [0.25, 0.3) is 0 Å². The molecule has 0 bridgehead atoms. The molecule has 1 saturated carbocycles. The Labute approximate surface area is 115 Å². The number of allylic oxidation sites excluding steroid dienone is 2. The highest BCUT2D eigenvalue weighted by atomic mass is 16.1. The van der Waals surface area contributed by atoms with E-state index in [2.05, 4.69) is 25.7 Å². The lowest BCUT2D eigenvalue weighted by Crippen LogP contribution is -2.13. The Hall–Kier alpha value is -1.81. The summed E-state index contributed by atoms with van der Waals surface area (Å²) in [6, 6.07) is 9.99. The zero-order valence-corrected chi connectivity index (χ0v) is 11.7.